The number of ether oxygens (including phenoxy) is 1. The molecule has 3 heterocycles. The number of rotatable bonds is 8. The van der Waals surface area contributed by atoms with Crippen molar-refractivity contribution < 1.29 is 24.2 Å². The van der Waals surface area contributed by atoms with E-state index in [1.165, 1.54) is 0 Å². The Morgan fingerprint density at radius 1 is 1.31 bits per heavy atom. The Kier molecular flexibility index (Phi) is 6.54. The molecule has 2 unspecified atom stereocenters. The lowest BCUT2D eigenvalue weighted by Gasteiger charge is -2.37. The van der Waals surface area contributed by atoms with Gasteiger partial charge in [0, 0.05) is 11.3 Å². The average Bonchev–Trinajstić information content (AvgIpc) is 3.40. The maximum absolute atomic E-state index is 13.9. The lowest BCUT2D eigenvalue weighted by atomic mass is 9.71. The zero-order chi connectivity index (χ0) is 23.0. The molecule has 0 aromatic heterocycles. The van der Waals surface area contributed by atoms with Gasteiger partial charge < -0.3 is 20.1 Å². The standard InChI is InChI=1S/C24H32N2O5S/c1-4-31-23(30)18-17-10-11-24(32-17)19(18)22(29)26(20(24)21(28)25-14(2)3)16(13-27)12-15-8-6-5-7-9-15/h5-9,14,16-20,27H,4,10-13H2,1-3H3,(H,25,28)/t16-,17-,18+,19+,20?,24?/m1/s1. The summed E-state index contributed by atoms with van der Waals surface area (Å²) in [6.45, 7) is 5.55. The molecule has 6 atom stereocenters. The van der Waals surface area contributed by atoms with Gasteiger partial charge in [0.1, 0.15) is 6.04 Å². The number of hydrogen-bond donors (Lipinski definition) is 2. The van der Waals surface area contributed by atoms with Crippen molar-refractivity contribution in [2.75, 3.05) is 13.2 Å². The Balaban J connectivity index is 1.74. The van der Waals surface area contributed by atoms with Crippen molar-refractivity contribution >= 4 is 29.5 Å². The molecule has 2 bridgehead atoms. The summed E-state index contributed by atoms with van der Waals surface area (Å²) in [7, 11) is 0. The number of aliphatic hydroxyl groups excluding tert-OH is 1. The van der Waals surface area contributed by atoms with Gasteiger partial charge in [0.2, 0.25) is 11.8 Å². The second-order valence-electron chi connectivity index (χ2n) is 9.24. The van der Waals surface area contributed by atoms with Crippen LogP contribution >= 0.6 is 11.8 Å². The Bertz CT molecular complexity index is 878. The van der Waals surface area contributed by atoms with Crippen LogP contribution in [0.15, 0.2) is 30.3 Å². The van der Waals surface area contributed by atoms with E-state index in [9.17, 15) is 19.5 Å². The Hall–Kier alpha value is -2.06. The number of fused-ring (bicyclic) bond motifs is 1. The average molecular weight is 461 g/mol. The monoisotopic (exact) mass is 460 g/mol. The van der Waals surface area contributed by atoms with Crippen molar-refractivity contribution in [3.63, 3.8) is 0 Å². The third kappa shape index (κ3) is 3.71. The van der Waals surface area contributed by atoms with E-state index in [0.717, 1.165) is 12.0 Å². The van der Waals surface area contributed by atoms with Crippen LogP contribution in [-0.4, -0.2) is 69.1 Å². The largest absolute Gasteiger partial charge is 0.466 e. The van der Waals surface area contributed by atoms with Gasteiger partial charge in [-0.3, -0.25) is 14.4 Å². The van der Waals surface area contributed by atoms with Crippen LogP contribution in [0.4, 0.5) is 0 Å². The summed E-state index contributed by atoms with van der Waals surface area (Å²) in [6.07, 6.45) is 1.92. The Morgan fingerprint density at radius 2 is 2.03 bits per heavy atom. The number of nitrogens with one attached hydrogen (secondary N) is 1. The van der Waals surface area contributed by atoms with Crippen LogP contribution in [0.25, 0.3) is 0 Å². The van der Waals surface area contributed by atoms with Crippen LogP contribution in [0.3, 0.4) is 0 Å². The molecule has 0 radical (unpaired) electrons. The summed E-state index contributed by atoms with van der Waals surface area (Å²) >= 11 is 1.61. The molecular weight excluding hydrogens is 428 g/mol. The van der Waals surface area contributed by atoms with Crippen LogP contribution < -0.4 is 5.32 Å². The normalized spacial score (nSPS) is 31.7. The summed E-state index contributed by atoms with van der Waals surface area (Å²) in [4.78, 5) is 41.8. The van der Waals surface area contributed by atoms with E-state index in [0.29, 0.717) is 12.8 Å². The minimum absolute atomic E-state index is 0.0128. The Morgan fingerprint density at radius 3 is 2.66 bits per heavy atom. The minimum Gasteiger partial charge on any atom is -0.466 e. The molecule has 4 rings (SSSR count). The number of esters is 1. The van der Waals surface area contributed by atoms with Gasteiger partial charge >= 0.3 is 5.97 Å². The SMILES string of the molecule is CCOC(=O)[C@@H]1[C@H]2C(=O)N([C@@H](CO)Cc3ccccc3)C(C(=O)NC(C)C)C23CC[C@H]1S3. The minimum atomic E-state index is -0.724. The highest BCUT2D eigenvalue weighted by atomic mass is 32.2. The molecule has 174 valence electrons. The summed E-state index contributed by atoms with van der Waals surface area (Å²) in [5, 5.41) is 13.3. The van der Waals surface area contributed by atoms with Gasteiger partial charge in [-0.2, -0.15) is 0 Å². The van der Waals surface area contributed by atoms with Crippen molar-refractivity contribution in [2.24, 2.45) is 11.8 Å². The first-order chi connectivity index (χ1) is 15.3. The number of aliphatic hydroxyl groups is 1. The highest BCUT2D eigenvalue weighted by Crippen LogP contribution is 2.66. The van der Waals surface area contributed by atoms with E-state index < -0.39 is 28.7 Å². The predicted octanol–water partition coefficient (Wildman–Crippen LogP) is 1.77. The van der Waals surface area contributed by atoms with Crippen molar-refractivity contribution in [2.45, 2.75) is 68.2 Å². The van der Waals surface area contributed by atoms with E-state index in [2.05, 4.69) is 5.32 Å². The van der Waals surface area contributed by atoms with Crippen LogP contribution in [0.2, 0.25) is 0 Å². The number of benzene rings is 1. The van der Waals surface area contributed by atoms with E-state index in [4.69, 9.17) is 4.74 Å². The van der Waals surface area contributed by atoms with Gasteiger partial charge in [-0.05, 0) is 45.6 Å². The Labute approximate surface area is 193 Å². The first kappa shape index (κ1) is 23.1. The van der Waals surface area contributed by atoms with E-state index in [1.54, 1.807) is 23.6 Å². The molecule has 8 heteroatoms. The maximum Gasteiger partial charge on any atom is 0.310 e. The van der Waals surface area contributed by atoms with E-state index in [1.807, 2.05) is 44.2 Å². The third-order valence-corrected chi connectivity index (χ3v) is 8.85. The number of carbonyl (C=O) groups excluding carboxylic acids is 3. The first-order valence-corrected chi connectivity index (χ1v) is 12.3. The molecule has 0 aliphatic carbocycles. The molecule has 3 aliphatic rings. The topological polar surface area (TPSA) is 95.9 Å². The molecule has 7 nitrogen and oxygen atoms in total. The summed E-state index contributed by atoms with van der Waals surface area (Å²) < 4.78 is 4.67. The number of hydrogen-bond acceptors (Lipinski definition) is 6. The van der Waals surface area contributed by atoms with Gasteiger partial charge in [-0.25, -0.2) is 0 Å². The summed E-state index contributed by atoms with van der Waals surface area (Å²) in [5.41, 5.74) is 0.982. The highest BCUT2D eigenvalue weighted by Gasteiger charge is 2.74. The molecule has 1 aromatic carbocycles. The van der Waals surface area contributed by atoms with Crippen LogP contribution in [0.5, 0.6) is 0 Å². The zero-order valence-corrected chi connectivity index (χ0v) is 19.6. The number of thioether (sulfide) groups is 1. The quantitative estimate of drug-likeness (QED) is 0.574. The van der Waals surface area contributed by atoms with Gasteiger partial charge in [-0.1, -0.05) is 30.3 Å². The molecule has 2 amide bonds. The maximum atomic E-state index is 13.9. The molecule has 3 saturated heterocycles. The fraction of sp³-hybridized carbons (Fsp3) is 0.625. The fourth-order valence-electron chi connectivity index (χ4n) is 5.79. The van der Waals surface area contributed by atoms with Gasteiger partial charge in [-0.15, -0.1) is 11.8 Å². The second kappa shape index (κ2) is 9.06. The molecular formula is C24H32N2O5S. The molecule has 32 heavy (non-hydrogen) atoms. The molecule has 1 aromatic rings. The number of carbonyl (C=O) groups is 3. The van der Waals surface area contributed by atoms with Crippen LogP contribution in [-0.2, 0) is 25.5 Å². The van der Waals surface area contributed by atoms with Crippen molar-refractivity contribution in [3.8, 4) is 0 Å². The summed E-state index contributed by atoms with van der Waals surface area (Å²) in [6, 6.07) is 8.30. The van der Waals surface area contributed by atoms with E-state index >= 15 is 0 Å². The fourth-order valence-corrected chi connectivity index (χ4v) is 7.98. The second-order valence-corrected chi connectivity index (χ2v) is 10.8. The van der Waals surface area contributed by atoms with Crippen molar-refractivity contribution in [1.29, 1.82) is 0 Å². The molecule has 2 N–H and O–H groups in total. The number of likely N-dealkylation sites (tertiary alicyclic amines) is 1. The lowest BCUT2D eigenvalue weighted by molar-refractivity contribution is -0.154. The van der Waals surface area contributed by atoms with Crippen molar-refractivity contribution in [3.05, 3.63) is 35.9 Å². The smallest absolute Gasteiger partial charge is 0.310 e. The number of amides is 2. The number of nitrogens with zero attached hydrogens (tertiary/aromatic N) is 1. The van der Waals surface area contributed by atoms with Crippen LogP contribution in [0, 0.1) is 11.8 Å². The molecule has 3 fully saturated rings. The van der Waals surface area contributed by atoms with Gasteiger partial charge in [0.25, 0.3) is 0 Å². The lowest BCUT2D eigenvalue weighted by Crippen LogP contribution is -2.57. The predicted molar refractivity (Wildman–Crippen MR) is 122 cm³/mol. The van der Waals surface area contributed by atoms with Gasteiger partial charge in [0.05, 0.1) is 35.8 Å². The van der Waals surface area contributed by atoms with E-state index in [-0.39, 0.29) is 42.3 Å². The third-order valence-electron chi connectivity index (χ3n) is 6.89. The molecule has 1 spiro atoms. The highest BCUT2D eigenvalue weighted by molar-refractivity contribution is 8.02. The van der Waals surface area contributed by atoms with Gasteiger partial charge in [0.15, 0.2) is 0 Å². The molecule has 3 aliphatic heterocycles. The van der Waals surface area contributed by atoms with Crippen LogP contribution in [0.1, 0.15) is 39.2 Å². The zero-order valence-electron chi connectivity index (χ0n) is 18.8. The van der Waals surface area contributed by atoms with Crippen molar-refractivity contribution in [1.82, 2.24) is 10.2 Å². The molecule has 0 saturated carbocycles. The summed E-state index contributed by atoms with van der Waals surface area (Å²) in [5.74, 6) is -1.91. The first-order valence-electron chi connectivity index (χ1n) is 11.5.